The van der Waals surface area contributed by atoms with E-state index in [1.54, 1.807) is 6.20 Å². The van der Waals surface area contributed by atoms with Crippen molar-refractivity contribution >= 4 is 5.69 Å². The molecule has 1 aromatic heterocycles. The van der Waals surface area contributed by atoms with Crippen molar-refractivity contribution in [2.75, 3.05) is 12.8 Å². The minimum atomic E-state index is 0.548. The van der Waals surface area contributed by atoms with Crippen molar-refractivity contribution in [3.63, 3.8) is 0 Å². The second kappa shape index (κ2) is 4.19. The van der Waals surface area contributed by atoms with Crippen molar-refractivity contribution < 1.29 is 0 Å². The van der Waals surface area contributed by atoms with Gasteiger partial charge in [-0.25, -0.2) is 0 Å². The molecule has 3 nitrogen and oxygen atoms in total. The Morgan fingerprint density at radius 3 is 2.93 bits per heavy atom. The van der Waals surface area contributed by atoms with Crippen LogP contribution in [0.1, 0.15) is 18.9 Å². The van der Waals surface area contributed by atoms with E-state index in [0.717, 1.165) is 29.5 Å². The fraction of sp³-hybridized carbons (Fsp3) is 0.583. The monoisotopic (exact) mass is 205 g/mol. The van der Waals surface area contributed by atoms with Crippen LogP contribution in [-0.2, 0) is 6.42 Å². The Kier molecular flexibility index (Phi) is 2.91. The molecule has 0 amide bonds. The van der Waals surface area contributed by atoms with Gasteiger partial charge in [-0.1, -0.05) is 6.92 Å². The maximum atomic E-state index is 5.91. The van der Waals surface area contributed by atoms with Gasteiger partial charge in [0.2, 0.25) is 0 Å². The maximum absolute atomic E-state index is 5.91. The van der Waals surface area contributed by atoms with Gasteiger partial charge in [-0.3, -0.25) is 4.98 Å². The average Bonchev–Trinajstić information content (AvgIpc) is 2.94. The fourth-order valence-electron chi connectivity index (χ4n) is 2.22. The van der Waals surface area contributed by atoms with Crippen LogP contribution < -0.4 is 11.1 Å². The molecule has 0 radical (unpaired) electrons. The molecule has 3 heteroatoms. The van der Waals surface area contributed by atoms with Crippen LogP contribution in [0.4, 0.5) is 5.69 Å². The molecular weight excluding hydrogens is 186 g/mol. The first-order valence-corrected chi connectivity index (χ1v) is 5.58. The molecule has 1 aromatic rings. The molecule has 0 bridgehead atoms. The highest BCUT2D eigenvalue weighted by molar-refractivity contribution is 5.44. The Balaban J connectivity index is 2.03. The highest BCUT2D eigenvalue weighted by atomic mass is 14.9. The summed E-state index contributed by atoms with van der Waals surface area (Å²) < 4.78 is 0. The molecule has 0 saturated heterocycles. The van der Waals surface area contributed by atoms with Crippen molar-refractivity contribution in [1.29, 1.82) is 0 Å². The SMILES string of the molecule is CNC(Cc1cnccc1N)C1CC1C. The highest BCUT2D eigenvalue weighted by Crippen LogP contribution is 2.41. The van der Waals surface area contributed by atoms with Crippen LogP contribution in [0.15, 0.2) is 18.5 Å². The summed E-state index contributed by atoms with van der Waals surface area (Å²) >= 11 is 0. The zero-order chi connectivity index (χ0) is 10.8. The summed E-state index contributed by atoms with van der Waals surface area (Å²) in [6, 6.07) is 2.42. The van der Waals surface area contributed by atoms with Crippen LogP contribution in [0.25, 0.3) is 0 Å². The van der Waals surface area contributed by atoms with Gasteiger partial charge in [-0.2, -0.15) is 0 Å². The lowest BCUT2D eigenvalue weighted by molar-refractivity contribution is 0.479. The summed E-state index contributed by atoms with van der Waals surface area (Å²) in [5.74, 6) is 1.68. The number of rotatable bonds is 4. The minimum absolute atomic E-state index is 0.548. The molecule has 0 aliphatic heterocycles. The molecule has 82 valence electrons. The van der Waals surface area contributed by atoms with Crippen LogP contribution in [0.5, 0.6) is 0 Å². The van der Waals surface area contributed by atoms with Gasteiger partial charge >= 0.3 is 0 Å². The first-order valence-electron chi connectivity index (χ1n) is 5.58. The van der Waals surface area contributed by atoms with Crippen LogP contribution in [-0.4, -0.2) is 18.1 Å². The standard InChI is InChI=1S/C12H19N3/c1-8-5-10(8)12(14-2)6-9-7-15-4-3-11(9)13/h3-4,7-8,10,12,14H,5-6H2,1-2H3,(H2,13,15). The number of nitrogens with one attached hydrogen (secondary N) is 1. The van der Waals surface area contributed by atoms with Crippen molar-refractivity contribution in [3.05, 3.63) is 24.0 Å². The van der Waals surface area contributed by atoms with Crippen molar-refractivity contribution in [2.24, 2.45) is 11.8 Å². The lowest BCUT2D eigenvalue weighted by atomic mass is 10.0. The molecule has 1 heterocycles. The highest BCUT2D eigenvalue weighted by Gasteiger charge is 2.38. The number of nitrogen functional groups attached to an aromatic ring is 1. The Morgan fingerprint density at radius 2 is 2.40 bits per heavy atom. The lowest BCUT2D eigenvalue weighted by Gasteiger charge is -2.16. The summed E-state index contributed by atoms with van der Waals surface area (Å²) in [6.45, 7) is 2.31. The minimum Gasteiger partial charge on any atom is -0.398 e. The summed E-state index contributed by atoms with van der Waals surface area (Å²) in [6.07, 6.45) is 5.95. The van der Waals surface area contributed by atoms with Crippen molar-refractivity contribution in [3.8, 4) is 0 Å². The van der Waals surface area contributed by atoms with E-state index >= 15 is 0 Å². The number of pyridine rings is 1. The largest absolute Gasteiger partial charge is 0.398 e. The number of hydrogen-bond donors (Lipinski definition) is 2. The van der Waals surface area contributed by atoms with Gasteiger partial charge in [0.15, 0.2) is 0 Å². The van der Waals surface area contributed by atoms with Gasteiger partial charge < -0.3 is 11.1 Å². The normalized spacial score (nSPS) is 26.3. The first-order chi connectivity index (χ1) is 7.22. The quantitative estimate of drug-likeness (QED) is 0.782. The maximum Gasteiger partial charge on any atom is 0.0378 e. The molecule has 1 saturated carbocycles. The third kappa shape index (κ3) is 2.29. The van der Waals surface area contributed by atoms with Gasteiger partial charge in [0.05, 0.1) is 0 Å². The Morgan fingerprint density at radius 1 is 1.67 bits per heavy atom. The van der Waals surface area contributed by atoms with Crippen LogP contribution in [0.3, 0.4) is 0 Å². The van der Waals surface area contributed by atoms with E-state index in [2.05, 4.69) is 17.2 Å². The summed E-state index contributed by atoms with van der Waals surface area (Å²) in [4.78, 5) is 4.12. The first kappa shape index (κ1) is 10.4. The molecule has 3 atom stereocenters. The topological polar surface area (TPSA) is 50.9 Å². The third-order valence-corrected chi connectivity index (χ3v) is 3.44. The van der Waals surface area contributed by atoms with Gasteiger partial charge in [0.25, 0.3) is 0 Å². The van der Waals surface area contributed by atoms with Gasteiger partial charge in [-0.05, 0) is 43.4 Å². The predicted molar refractivity (Wildman–Crippen MR) is 62.5 cm³/mol. The number of likely N-dealkylation sites (N-methyl/N-ethyl adjacent to an activating group) is 1. The zero-order valence-corrected chi connectivity index (χ0v) is 9.40. The number of anilines is 1. The van der Waals surface area contributed by atoms with E-state index in [0.29, 0.717) is 6.04 Å². The Labute approximate surface area is 91.1 Å². The second-order valence-corrected chi connectivity index (χ2v) is 4.55. The van der Waals surface area contributed by atoms with E-state index in [9.17, 15) is 0 Å². The molecule has 3 unspecified atom stereocenters. The van der Waals surface area contributed by atoms with E-state index in [1.165, 1.54) is 6.42 Å². The molecule has 0 spiro atoms. The zero-order valence-electron chi connectivity index (χ0n) is 9.40. The van der Waals surface area contributed by atoms with Crippen LogP contribution in [0.2, 0.25) is 0 Å². The molecule has 2 rings (SSSR count). The summed E-state index contributed by atoms with van der Waals surface area (Å²) in [5, 5.41) is 3.39. The number of nitrogens with two attached hydrogens (primary N) is 1. The molecule has 15 heavy (non-hydrogen) atoms. The summed E-state index contributed by atoms with van der Waals surface area (Å²) in [5.41, 5.74) is 7.93. The van der Waals surface area contributed by atoms with Crippen LogP contribution >= 0.6 is 0 Å². The van der Waals surface area contributed by atoms with Crippen LogP contribution in [0, 0.1) is 11.8 Å². The molecule has 0 aromatic carbocycles. The lowest BCUT2D eigenvalue weighted by Crippen LogP contribution is -2.30. The van der Waals surface area contributed by atoms with Gasteiger partial charge in [0.1, 0.15) is 0 Å². The Hall–Kier alpha value is -1.09. The van der Waals surface area contributed by atoms with Crippen molar-refractivity contribution in [2.45, 2.75) is 25.8 Å². The predicted octanol–water partition coefficient (Wildman–Crippen LogP) is 1.45. The molecule has 1 aliphatic rings. The van der Waals surface area contributed by atoms with Crippen molar-refractivity contribution in [1.82, 2.24) is 10.3 Å². The fourth-order valence-corrected chi connectivity index (χ4v) is 2.22. The van der Waals surface area contributed by atoms with Gasteiger partial charge in [0, 0.05) is 24.1 Å². The van der Waals surface area contributed by atoms with E-state index < -0.39 is 0 Å². The Bertz CT molecular complexity index is 337. The number of aromatic nitrogens is 1. The molecule has 3 N–H and O–H groups in total. The number of nitrogens with zero attached hydrogens (tertiary/aromatic N) is 1. The summed E-state index contributed by atoms with van der Waals surface area (Å²) in [7, 11) is 2.03. The van der Waals surface area contributed by atoms with Gasteiger partial charge in [-0.15, -0.1) is 0 Å². The molecular formula is C12H19N3. The smallest absolute Gasteiger partial charge is 0.0378 e. The number of hydrogen-bond acceptors (Lipinski definition) is 3. The van der Waals surface area contributed by atoms with E-state index in [4.69, 9.17) is 5.73 Å². The third-order valence-electron chi connectivity index (χ3n) is 3.44. The second-order valence-electron chi connectivity index (χ2n) is 4.55. The molecule has 1 aliphatic carbocycles. The average molecular weight is 205 g/mol. The van der Waals surface area contributed by atoms with E-state index in [1.807, 2.05) is 19.3 Å². The van der Waals surface area contributed by atoms with E-state index in [-0.39, 0.29) is 0 Å². The molecule has 1 fully saturated rings.